The smallest absolute Gasteiger partial charge is 0.290 e. The zero-order valence-electron chi connectivity index (χ0n) is 17.4. The van der Waals surface area contributed by atoms with Crippen LogP contribution in [-0.2, 0) is 21.4 Å². The van der Waals surface area contributed by atoms with E-state index in [2.05, 4.69) is 10.0 Å². The highest BCUT2D eigenvalue weighted by Crippen LogP contribution is 2.17. The first-order valence-electron chi connectivity index (χ1n) is 9.35. The van der Waals surface area contributed by atoms with Crippen LogP contribution in [0.15, 0.2) is 45.9 Å². The number of carbonyl (C=O) groups excluding carboxylic acids is 2. The van der Waals surface area contributed by atoms with Crippen molar-refractivity contribution in [1.29, 1.82) is 0 Å². The molecule has 0 saturated carbocycles. The van der Waals surface area contributed by atoms with Gasteiger partial charge in [-0.3, -0.25) is 9.59 Å². The van der Waals surface area contributed by atoms with E-state index >= 15 is 0 Å². The summed E-state index contributed by atoms with van der Waals surface area (Å²) in [6.45, 7) is 6.90. The van der Waals surface area contributed by atoms with Crippen molar-refractivity contribution in [2.45, 2.75) is 44.9 Å². The molecule has 0 aliphatic heterocycles. The predicted molar refractivity (Wildman–Crippen MR) is 109 cm³/mol. The van der Waals surface area contributed by atoms with Gasteiger partial charge in [0.1, 0.15) is 5.82 Å². The molecule has 0 radical (unpaired) electrons. The summed E-state index contributed by atoms with van der Waals surface area (Å²) < 4.78 is 45.3. The van der Waals surface area contributed by atoms with Crippen LogP contribution in [0, 0.1) is 5.82 Å². The second-order valence-corrected chi connectivity index (χ2v) is 9.31. The lowest BCUT2D eigenvalue weighted by Crippen LogP contribution is -2.40. The van der Waals surface area contributed by atoms with E-state index in [1.165, 1.54) is 29.2 Å². The molecule has 30 heavy (non-hydrogen) atoms. The van der Waals surface area contributed by atoms with E-state index in [0.29, 0.717) is 5.56 Å². The molecule has 1 heterocycles. The molecule has 2 amide bonds. The highest BCUT2D eigenvalue weighted by molar-refractivity contribution is 7.89. The molecule has 164 valence electrons. The summed E-state index contributed by atoms with van der Waals surface area (Å²) in [6.07, 6.45) is 0. The molecular weight excluding hydrogens is 413 g/mol. The highest BCUT2D eigenvalue weighted by atomic mass is 32.2. The van der Waals surface area contributed by atoms with Gasteiger partial charge >= 0.3 is 0 Å². The third-order valence-corrected chi connectivity index (χ3v) is 5.53. The maximum atomic E-state index is 12.9. The Bertz CT molecular complexity index is 994. The molecular formula is C20H26FN3O5S. The maximum Gasteiger partial charge on any atom is 0.290 e. The van der Waals surface area contributed by atoms with Gasteiger partial charge in [-0.2, -0.15) is 0 Å². The average molecular weight is 440 g/mol. The zero-order valence-corrected chi connectivity index (χ0v) is 18.2. The monoisotopic (exact) mass is 439 g/mol. The Morgan fingerprint density at radius 2 is 1.73 bits per heavy atom. The van der Waals surface area contributed by atoms with E-state index in [-0.39, 0.29) is 36.3 Å². The Kier molecular flexibility index (Phi) is 7.38. The summed E-state index contributed by atoms with van der Waals surface area (Å²) in [7, 11) is -3.92. The van der Waals surface area contributed by atoms with Crippen molar-refractivity contribution in [2.24, 2.45) is 0 Å². The van der Waals surface area contributed by atoms with E-state index in [0.717, 1.165) is 0 Å². The van der Waals surface area contributed by atoms with Crippen LogP contribution in [0.3, 0.4) is 0 Å². The van der Waals surface area contributed by atoms with Crippen molar-refractivity contribution >= 4 is 21.8 Å². The Labute approximate surface area is 175 Å². The lowest BCUT2D eigenvalue weighted by molar-refractivity contribution is -0.121. The summed E-state index contributed by atoms with van der Waals surface area (Å²) >= 11 is 0. The molecule has 1 aromatic carbocycles. The van der Waals surface area contributed by atoms with Crippen LogP contribution in [0.2, 0.25) is 0 Å². The SMILES string of the molecule is CCN(CC(=O)NCc1ccc(F)cc1)C(=O)c1ccc(S(=O)(=O)NC(C)(C)C)o1. The predicted octanol–water partition coefficient (Wildman–Crippen LogP) is 2.27. The van der Waals surface area contributed by atoms with Gasteiger partial charge in [-0.1, -0.05) is 12.1 Å². The van der Waals surface area contributed by atoms with Crippen molar-refractivity contribution < 1.29 is 26.8 Å². The molecule has 0 atom stereocenters. The highest BCUT2D eigenvalue weighted by Gasteiger charge is 2.27. The van der Waals surface area contributed by atoms with Crippen LogP contribution in [0.1, 0.15) is 43.8 Å². The lowest BCUT2D eigenvalue weighted by Gasteiger charge is -2.20. The third-order valence-electron chi connectivity index (χ3n) is 3.90. The van der Waals surface area contributed by atoms with Crippen LogP contribution in [-0.4, -0.2) is 43.8 Å². The minimum absolute atomic E-state index is 0.183. The minimum atomic E-state index is -3.92. The number of benzene rings is 1. The van der Waals surface area contributed by atoms with E-state index in [1.54, 1.807) is 39.8 Å². The Balaban J connectivity index is 2.01. The standard InChI is InChI=1S/C20H26FN3O5S/c1-5-24(13-17(25)22-12-14-6-8-15(21)9-7-14)19(26)16-10-11-18(29-16)30(27,28)23-20(2,3)4/h6-11,23H,5,12-13H2,1-4H3,(H,22,25). The lowest BCUT2D eigenvalue weighted by atomic mass is 10.1. The second kappa shape index (κ2) is 9.40. The van der Waals surface area contributed by atoms with Gasteiger partial charge in [0.25, 0.3) is 15.9 Å². The van der Waals surface area contributed by atoms with Crippen LogP contribution >= 0.6 is 0 Å². The maximum absolute atomic E-state index is 12.9. The molecule has 0 unspecified atom stereocenters. The first-order valence-corrected chi connectivity index (χ1v) is 10.8. The first-order chi connectivity index (χ1) is 13.9. The quantitative estimate of drug-likeness (QED) is 0.656. The van der Waals surface area contributed by atoms with E-state index in [4.69, 9.17) is 4.42 Å². The number of halogens is 1. The Morgan fingerprint density at radius 3 is 2.30 bits per heavy atom. The third kappa shape index (κ3) is 6.67. The van der Waals surface area contributed by atoms with Gasteiger partial charge in [0, 0.05) is 18.6 Å². The van der Waals surface area contributed by atoms with Crippen LogP contribution in [0.4, 0.5) is 4.39 Å². The van der Waals surface area contributed by atoms with E-state index < -0.39 is 27.4 Å². The molecule has 0 fully saturated rings. The molecule has 2 N–H and O–H groups in total. The number of nitrogens with zero attached hydrogens (tertiary/aromatic N) is 1. The zero-order chi connectivity index (χ0) is 22.5. The van der Waals surface area contributed by atoms with Gasteiger partial charge in [-0.05, 0) is 57.5 Å². The molecule has 0 spiro atoms. The Hall–Kier alpha value is -2.72. The molecule has 0 bridgehead atoms. The fourth-order valence-corrected chi connectivity index (χ4v) is 3.90. The number of likely N-dealkylation sites (N-methyl/N-ethyl adjacent to an activating group) is 1. The molecule has 0 aliphatic rings. The van der Waals surface area contributed by atoms with E-state index in [9.17, 15) is 22.4 Å². The van der Waals surface area contributed by atoms with Crippen molar-refractivity contribution in [3.63, 3.8) is 0 Å². The van der Waals surface area contributed by atoms with E-state index in [1.807, 2.05) is 0 Å². The number of hydrogen-bond donors (Lipinski definition) is 2. The van der Waals surface area contributed by atoms with Gasteiger partial charge in [0.05, 0.1) is 6.54 Å². The molecule has 8 nitrogen and oxygen atoms in total. The number of carbonyl (C=O) groups is 2. The second-order valence-electron chi connectivity index (χ2n) is 7.70. The number of sulfonamides is 1. The molecule has 2 rings (SSSR count). The van der Waals surface area contributed by atoms with Crippen molar-refractivity contribution in [1.82, 2.24) is 14.9 Å². The fraction of sp³-hybridized carbons (Fsp3) is 0.400. The normalized spacial score (nSPS) is 11.9. The molecule has 10 heteroatoms. The van der Waals surface area contributed by atoms with Crippen molar-refractivity contribution in [3.05, 3.63) is 53.5 Å². The van der Waals surface area contributed by atoms with Crippen LogP contribution < -0.4 is 10.0 Å². The van der Waals surface area contributed by atoms with Crippen LogP contribution in [0.5, 0.6) is 0 Å². The van der Waals surface area contributed by atoms with Gasteiger partial charge < -0.3 is 14.6 Å². The van der Waals surface area contributed by atoms with Gasteiger partial charge in [0.2, 0.25) is 11.0 Å². The van der Waals surface area contributed by atoms with Gasteiger partial charge in [-0.25, -0.2) is 17.5 Å². The number of nitrogens with one attached hydrogen (secondary N) is 2. The largest absolute Gasteiger partial charge is 0.438 e. The minimum Gasteiger partial charge on any atom is -0.438 e. The van der Waals surface area contributed by atoms with Gasteiger partial charge in [-0.15, -0.1) is 0 Å². The number of hydrogen-bond acceptors (Lipinski definition) is 5. The van der Waals surface area contributed by atoms with Gasteiger partial charge in [0.15, 0.2) is 5.76 Å². The number of amides is 2. The average Bonchev–Trinajstić information content (AvgIpc) is 3.14. The summed E-state index contributed by atoms with van der Waals surface area (Å²) in [6, 6.07) is 8.15. The number of furan rings is 1. The molecule has 0 saturated heterocycles. The van der Waals surface area contributed by atoms with Crippen molar-refractivity contribution in [3.8, 4) is 0 Å². The first kappa shape index (κ1) is 23.6. The molecule has 2 aromatic rings. The molecule has 0 aliphatic carbocycles. The fourth-order valence-electron chi connectivity index (χ4n) is 2.55. The van der Waals surface area contributed by atoms with Crippen molar-refractivity contribution in [2.75, 3.05) is 13.1 Å². The summed E-state index contributed by atoms with van der Waals surface area (Å²) in [5.41, 5.74) is -0.000205. The molecule has 1 aromatic heterocycles. The summed E-state index contributed by atoms with van der Waals surface area (Å²) in [5, 5.41) is 2.28. The number of rotatable bonds is 8. The topological polar surface area (TPSA) is 109 Å². The van der Waals surface area contributed by atoms with Crippen LogP contribution in [0.25, 0.3) is 0 Å². The summed E-state index contributed by atoms with van der Waals surface area (Å²) in [4.78, 5) is 26.1. The Morgan fingerprint density at radius 1 is 1.10 bits per heavy atom. The summed E-state index contributed by atoms with van der Waals surface area (Å²) in [5.74, 6) is -1.57.